The first-order chi connectivity index (χ1) is 5.81. The molecule has 12 heavy (non-hydrogen) atoms. The van der Waals surface area contributed by atoms with Gasteiger partial charge < -0.3 is 10.1 Å². The van der Waals surface area contributed by atoms with Gasteiger partial charge in [-0.1, -0.05) is 36.6 Å². The molecule has 0 heterocycles. The van der Waals surface area contributed by atoms with Crippen LogP contribution in [0.1, 0.15) is 0 Å². The second-order valence-corrected chi connectivity index (χ2v) is 3.55. The zero-order chi connectivity index (χ0) is 9.23. The summed E-state index contributed by atoms with van der Waals surface area (Å²) >= 11 is 6.55. The third-order valence-corrected chi connectivity index (χ3v) is 2.25. The van der Waals surface area contributed by atoms with E-state index in [1.807, 2.05) is 6.08 Å². The van der Waals surface area contributed by atoms with Gasteiger partial charge in [-0.2, -0.15) is 0 Å². The molecule has 0 fully saturated rings. The van der Waals surface area contributed by atoms with E-state index in [0.29, 0.717) is 6.61 Å². The van der Waals surface area contributed by atoms with E-state index < -0.39 is 0 Å². The van der Waals surface area contributed by atoms with Crippen LogP contribution in [0.2, 0.25) is 0 Å². The van der Waals surface area contributed by atoms with E-state index in [1.54, 1.807) is 11.8 Å². The maximum atomic E-state index is 4.99. The Morgan fingerprint density at radius 2 is 2.33 bits per heavy atom. The van der Waals surface area contributed by atoms with Crippen LogP contribution in [0.4, 0.5) is 0 Å². The number of ether oxygens (including phenoxy) is 1. The molecule has 0 spiro atoms. The molecule has 68 valence electrons. The minimum atomic E-state index is 0.596. The van der Waals surface area contributed by atoms with Crippen LogP contribution in [0.15, 0.2) is 25.5 Å². The summed E-state index contributed by atoms with van der Waals surface area (Å²) in [4.78, 5) is 0. The van der Waals surface area contributed by atoms with Gasteiger partial charge in [0.15, 0.2) is 0 Å². The van der Waals surface area contributed by atoms with E-state index in [-0.39, 0.29) is 0 Å². The first-order valence-corrected chi connectivity index (χ1v) is 4.94. The van der Waals surface area contributed by atoms with Crippen molar-refractivity contribution >= 4 is 28.3 Å². The maximum Gasteiger partial charge on any atom is 0.134 e. The van der Waals surface area contributed by atoms with Crippen LogP contribution < -0.4 is 5.32 Å². The van der Waals surface area contributed by atoms with Gasteiger partial charge in [0.1, 0.15) is 10.9 Å². The molecule has 0 atom stereocenters. The highest BCUT2D eigenvalue weighted by atomic mass is 32.2. The largest absolute Gasteiger partial charge is 0.500 e. The topological polar surface area (TPSA) is 21.3 Å². The molecule has 0 radical (unpaired) electrons. The Kier molecular flexibility index (Phi) is 8.27. The van der Waals surface area contributed by atoms with Crippen LogP contribution in [0.3, 0.4) is 0 Å². The van der Waals surface area contributed by atoms with Gasteiger partial charge in [-0.05, 0) is 0 Å². The molecule has 0 aromatic rings. The molecular weight excluding hydrogens is 190 g/mol. The van der Waals surface area contributed by atoms with E-state index in [0.717, 1.165) is 16.6 Å². The Hall–Kier alpha value is -0.480. The quantitative estimate of drug-likeness (QED) is 0.308. The molecule has 0 saturated carbocycles. The highest BCUT2D eigenvalue weighted by Gasteiger charge is 1.92. The fraction of sp³-hybridized carbons (Fsp3) is 0.375. The first-order valence-electron chi connectivity index (χ1n) is 3.55. The first kappa shape index (κ1) is 11.5. The SMILES string of the molecule is C=CCSC(=S)NCCOC=C. The molecule has 0 aromatic heterocycles. The van der Waals surface area contributed by atoms with Gasteiger partial charge in [0.05, 0.1) is 12.8 Å². The van der Waals surface area contributed by atoms with Crippen molar-refractivity contribution < 1.29 is 4.74 Å². The molecule has 0 saturated heterocycles. The Labute approximate surface area is 83.1 Å². The summed E-state index contributed by atoms with van der Waals surface area (Å²) in [5.74, 6) is 0.841. The van der Waals surface area contributed by atoms with Crippen LogP contribution in [0, 0.1) is 0 Å². The molecule has 1 N–H and O–H groups in total. The van der Waals surface area contributed by atoms with Crippen LogP contribution in [0.25, 0.3) is 0 Å². The van der Waals surface area contributed by atoms with E-state index in [2.05, 4.69) is 18.5 Å². The average Bonchev–Trinajstić information content (AvgIpc) is 2.09. The van der Waals surface area contributed by atoms with Crippen molar-refractivity contribution in [2.24, 2.45) is 0 Å². The minimum Gasteiger partial charge on any atom is -0.500 e. The number of hydrogen-bond acceptors (Lipinski definition) is 3. The smallest absolute Gasteiger partial charge is 0.134 e. The Morgan fingerprint density at radius 1 is 1.58 bits per heavy atom. The maximum absolute atomic E-state index is 4.99. The molecule has 0 amide bonds. The molecule has 0 bridgehead atoms. The predicted molar refractivity (Wildman–Crippen MR) is 59.4 cm³/mol. The summed E-state index contributed by atoms with van der Waals surface area (Å²) in [6.45, 7) is 8.33. The number of thiocarbonyl (C=S) groups is 1. The van der Waals surface area contributed by atoms with Gasteiger partial charge in [0, 0.05) is 5.75 Å². The summed E-state index contributed by atoms with van der Waals surface area (Å²) < 4.78 is 5.68. The van der Waals surface area contributed by atoms with Gasteiger partial charge >= 0.3 is 0 Å². The van der Waals surface area contributed by atoms with Crippen molar-refractivity contribution in [3.63, 3.8) is 0 Å². The van der Waals surface area contributed by atoms with Crippen molar-refractivity contribution in [3.8, 4) is 0 Å². The molecule has 0 rings (SSSR count). The molecule has 0 aliphatic rings. The van der Waals surface area contributed by atoms with Crippen LogP contribution in [0.5, 0.6) is 0 Å². The van der Waals surface area contributed by atoms with E-state index in [1.165, 1.54) is 6.26 Å². The number of rotatable bonds is 6. The lowest BCUT2D eigenvalue weighted by atomic mass is 10.7. The Morgan fingerprint density at radius 3 is 2.92 bits per heavy atom. The normalized spacial score (nSPS) is 8.67. The second kappa shape index (κ2) is 8.62. The van der Waals surface area contributed by atoms with E-state index >= 15 is 0 Å². The van der Waals surface area contributed by atoms with Crippen LogP contribution in [-0.2, 0) is 4.74 Å². The minimum absolute atomic E-state index is 0.596. The highest BCUT2D eigenvalue weighted by molar-refractivity contribution is 8.23. The third kappa shape index (κ3) is 7.63. The van der Waals surface area contributed by atoms with Gasteiger partial charge in [-0.3, -0.25) is 0 Å². The number of nitrogens with one attached hydrogen (secondary N) is 1. The molecule has 0 aromatic carbocycles. The molecule has 4 heteroatoms. The van der Waals surface area contributed by atoms with Gasteiger partial charge in [-0.15, -0.1) is 6.58 Å². The monoisotopic (exact) mass is 203 g/mol. The lowest BCUT2D eigenvalue weighted by molar-refractivity contribution is 0.256. The number of thioether (sulfide) groups is 1. The summed E-state index contributed by atoms with van der Waals surface area (Å²) in [5, 5.41) is 3.03. The van der Waals surface area contributed by atoms with E-state index in [9.17, 15) is 0 Å². The van der Waals surface area contributed by atoms with Crippen molar-refractivity contribution in [3.05, 3.63) is 25.5 Å². The molecule has 0 unspecified atom stereocenters. The van der Waals surface area contributed by atoms with Crippen LogP contribution >= 0.6 is 24.0 Å². The fourth-order valence-electron chi connectivity index (χ4n) is 0.481. The number of hydrogen-bond donors (Lipinski definition) is 1. The second-order valence-electron chi connectivity index (χ2n) is 1.85. The fourth-order valence-corrected chi connectivity index (χ4v) is 1.26. The van der Waals surface area contributed by atoms with Crippen molar-refractivity contribution in [1.29, 1.82) is 0 Å². The van der Waals surface area contributed by atoms with Crippen LogP contribution in [-0.4, -0.2) is 23.2 Å². The molecular formula is C8H13NOS2. The van der Waals surface area contributed by atoms with Gasteiger partial charge in [0.2, 0.25) is 0 Å². The Balaban J connectivity index is 3.19. The van der Waals surface area contributed by atoms with Crippen molar-refractivity contribution in [1.82, 2.24) is 5.32 Å². The lowest BCUT2D eigenvalue weighted by Gasteiger charge is -2.05. The third-order valence-electron chi connectivity index (χ3n) is 0.939. The standard InChI is InChI=1S/C8H13NOS2/c1-3-7-12-8(11)9-5-6-10-4-2/h3-4H,1-2,5-7H2,(H,9,11). The zero-order valence-corrected chi connectivity index (χ0v) is 8.55. The average molecular weight is 203 g/mol. The van der Waals surface area contributed by atoms with Crippen molar-refractivity contribution in [2.75, 3.05) is 18.9 Å². The zero-order valence-electron chi connectivity index (χ0n) is 6.91. The van der Waals surface area contributed by atoms with E-state index in [4.69, 9.17) is 17.0 Å². The molecule has 0 aliphatic heterocycles. The summed E-state index contributed by atoms with van der Waals surface area (Å²) in [7, 11) is 0. The summed E-state index contributed by atoms with van der Waals surface area (Å²) in [6, 6.07) is 0. The van der Waals surface area contributed by atoms with Crippen molar-refractivity contribution in [2.45, 2.75) is 0 Å². The summed E-state index contributed by atoms with van der Waals surface area (Å²) in [5.41, 5.74) is 0. The molecule has 0 aliphatic carbocycles. The Bertz CT molecular complexity index is 159. The lowest BCUT2D eigenvalue weighted by Crippen LogP contribution is -2.22. The highest BCUT2D eigenvalue weighted by Crippen LogP contribution is 2.00. The van der Waals surface area contributed by atoms with Gasteiger partial charge in [0.25, 0.3) is 0 Å². The van der Waals surface area contributed by atoms with Gasteiger partial charge in [-0.25, -0.2) is 0 Å². The molecule has 2 nitrogen and oxygen atoms in total. The predicted octanol–water partition coefficient (Wildman–Crippen LogP) is 1.94. The summed E-state index contributed by atoms with van der Waals surface area (Å²) in [6.07, 6.45) is 3.24.